The molecule has 3 heterocycles. The normalized spacial score (nSPS) is 18.1. The van der Waals surface area contributed by atoms with Crippen LogP contribution in [-0.2, 0) is 0 Å². The molecule has 2 aromatic heterocycles. The van der Waals surface area contributed by atoms with Crippen molar-refractivity contribution in [3.63, 3.8) is 0 Å². The number of nitrogens with zero attached hydrogens (tertiary/aromatic N) is 6. The Morgan fingerprint density at radius 1 is 0.688 bits per heavy atom. The number of fused-ring (bicyclic) bond motifs is 1. The third-order valence-electron chi connectivity index (χ3n) is 5.82. The molecule has 0 N–H and O–H groups in total. The van der Waals surface area contributed by atoms with Crippen LogP contribution in [0.5, 0.6) is 0 Å². The van der Waals surface area contributed by atoms with Crippen LogP contribution in [0.1, 0.15) is 23.2 Å². The van der Waals surface area contributed by atoms with Crippen molar-refractivity contribution in [3.8, 4) is 0 Å². The number of anilines is 1. The van der Waals surface area contributed by atoms with Crippen LogP contribution >= 0.6 is 0 Å². The maximum absolute atomic E-state index is 5.16. The predicted octanol–water partition coefficient (Wildman–Crippen LogP) is 5.03. The Morgan fingerprint density at radius 3 is 2.22 bits per heavy atom. The second-order valence-corrected chi connectivity index (χ2v) is 7.73. The highest BCUT2D eigenvalue weighted by molar-refractivity contribution is 6.06. The molecule has 1 aliphatic rings. The summed E-state index contributed by atoms with van der Waals surface area (Å²) in [5, 5.41) is 16.3. The van der Waals surface area contributed by atoms with Gasteiger partial charge < -0.3 is 0 Å². The maximum atomic E-state index is 5.16. The van der Waals surface area contributed by atoms with Gasteiger partial charge in [0.05, 0.1) is 16.9 Å². The van der Waals surface area contributed by atoms with E-state index in [1.165, 1.54) is 0 Å². The Balaban J connectivity index is 1.61. The molecule has 6 nitrogen and oxygen atoms in total. The van der Waals surface area contributed by atoms with Gasteiger partial charge in [0, 0.05) is 18.0 Å². The number of rotatable bonds is 4. The van der Waals surface area contributed by atoms with Crippen LogP contribution in [0.15, 0.2) is 115 Å². The molecule has 154 valence electrons. The van der Waals surface area contributed by atoms with Crippen molar-refractivity contribution in [2.45, 2.75) is 12.1 Å². The minimum absolute atomic E-state index is 0.133. The largest absolute Gasteiger partial charge is 0.264 e. The van der Waals surface area contributed by atoms with E-state index in [0.29, 0.717) is 0 Å². The minimum atomic E-state index is -0.186. The van der Waals surface area contributed by atoms with Gasteiger partial charge in [-0.2, -0.15) is 5.10 Å². The zero-order valence-electron chi connectivity index (χ0n) is 17.2. The Labute approximate surface area is 185 Å². The van der Waals surface area contributed by atoms with Crippen LogP contribution in [0.3, 0.4) is 0 Å². The fourth-order valence-electron chi connectivity index (χ4n) is 4.37. The summed E-state index contributed by atoms with van der Waals surface area (Å²) in [5.41, 5.74) is 5.92. The second-order valence-electron chi connectivity index (χ2n) is 7.73. The molecule has 0 aliphatic carbocycles. The lowest BCUT2D eigenvalue weighted by Gasteiger charge is -2.28. The fraction of sp³-hybridized carbons (Fsp3) is 0.0769. The molecule has 0 saturated carbocycles. The van der Waals surface area contributed by atoms with E-state index in [1.807, 2.05) is 71.5 Å². The first-order valence-corrected chi connectivity index (χ1v) is 10.6. The highest BCUT2D eigenvalue weighted by Crippen LogP contribution is 2.43. The zero-order chi connectivity index (χ0) is 21.3. The Kier molecular flexibility index (Phi) is 4.46. The van der Waals surface area contributed by atoms with E-state index in [0.717, 1.165) is 33.6 Å². The zero-order valence-corrected chi connectivity index (χ0v) is 17.2. The van der Waals surface area contributed by atoms with Crippen LogP contribution in [0.2, 0.25) is 0 Å². The summed E-state index contributed by atoms with van der Waals surface area (Å²) in [7, 11) is 0. The molecule has 3 aromatic carbocycles. The first kappa shape index (κ1) is 18.4. The molecule has 0 bridgehead atoms. The van der Waals surface area contributed by atoms with E-state index in [9.17, 15) is 0 Å². The molecule has 0 radical (unpaired) electrons. The fourth-order valence-corrected chi connectivity index (χ4v) is 4.37. The Hall–Kier alpha value is -4.32. The van der Waals surface area contributed by atoms with Gasteiger partial charge in [-0.15, -0.1) is 5.10 Å². The monoisotopic (exact) mass is 416 g/mol. The summed E-state index contributed by atoms with van der Waals surface area (Å²) in [5.74, 6) is 0. The van der Waals surface area contributed by atoms with E-state index in [2.05, 4.69) is 56.7 Å². The van der Waals surface area contributed by atoms with Gasteiger partial charge in [0.25, 0.3) is 0 Å². The van der Waals surface area contributed by atoms with Crippen LogP contribution in [0.25, 0.3) is 11.0 Å². The van der Waals surface area contributed by atoms with Crippen LogP contribution in [0, 0.1) is 0 Å². The molecule has 2 unspecified atom stereocenters. The summed E-state index contributed by atoms with van der Waals surface area (Å²) in [6.07, 6.45) is 3.71. The van der Waals surface area contributed by atoms with Crippen LogP contribution in [-0.4, -0.2) is 25.7 Å². The average molecular weight is 416 g/mol. The van der Waals surface area contributed by atoms with Crippen LogP contribution in [0.4, 0.5) is 5.69 Å². The number of para-hydroxylation sites is 2. The van der Waals surface area contributed by atoms with Crippen molar-refractivity contribution >= 4 is 22.4 Å². The summed E-state index contributed by atoms with van der Waals surface area (Å²) in [6, 6.07) is 32.3. The molecule has 32 heavy (non-hydrogen) atoms. The van der Waals surface area contributed by atoms with Crippen molar-refractivity contribution in [1.82, 2.24) is 20.0 Å². The van der Waals surface area contributed by atoms with E-state index in [1.54, 1.807) is 6.20 Å². The Morgan fingerprint density at radius 2 is 1.44 bits per heavy atom. The molecule has 0 fully saturated rings. The molecule has 5 aromatic rings. The third-order valence-corrected chi connectivity index (χ3v) is 5.82. The first-order valence-electron chi connectivity index (χ1n) is 10.6. The lowest BCUT2D eigenvalue weighted by Crippen LogP contribution is -2.29. The lowest BCUT2D eigenvalue weighted by atomic mass is 9.93. The number of pyridine rings is 1. The van der Waals surface area contributed by atoms with Crippen molar-refractivity contribution in [2.75, 3.05) is 5.01 Å². The molecule has 6 heteroatoms. The average Bonchev–Trinajstić information content (AvgIpc) is 3.47. The van der Waals surface area contributed by atoms with Crippen molar-refractivity contribution in [2.24, 2.45) is 5.10 Å². The molecule has 0 saturated heterocycles. The lowest BCUT2D eigenvalue weighted by molar-refractivity contribution is 0.485. The maximum Gasteiger partial charge on any atom is 0.125 e. The summed E-state index contributed by atoms with van der Waals surface area (Å²) in [4.78, 5) is 4.41. The third kappa shape index (κ3) is 3.04. The first-order chi connectivity index (χ1) is 15.9. The Bertz CT molecular complexity index is 1380. The SMILES string of the molecule is c1ccc(C2=NN(c3ccccc3)C(c3cccnc3)C2n2nnc3ccccc32)cc1. The topological polar surface area (TPSA) is 59.2 Å². The predicted molar refractivity (Wildman–Crippen MR) is 125 cm³/mol. The van der Waals surface area contributed by atoms with Gasteiger partial charge in [-0.1, -0.05) is 71.9 Å². The van der Waals surface area contributed by atoms with Gasteiger partial charge in [0.15, 0.2) is 0 Å². The highest BCUT2D eigenvalue weighted by atomic mass is 15.5. The van der Waals surface area contributed by atoms with Gasteiger partial charge in [-0.05, 0) is 35.9 Å². The van der Waals surface area contributed by atoms with Crippen molar-refractivity contribution < 1.29 is 0 Å². The van der Waals surface area contributed by atoms with Crippen LogP contribution < -0.4 is 5.01 Å². The quantitative estimate of drug-likeness (QED) is 0.412. The molecule has 0 spiro atoms. The summed E-state index contributed by atoms with van der Waals surface area (Å²) < 4.78 is 2.00. The van der Waals surface area contributed by atoms with Gasteiger partial charge in [-0.3, -0.25) is 9.99 Å². The van der Waals surface area contributed by atoms with E-state index in [4.69, 9.17) is 5.10 Å². The minimum Gasteiger partial charge on any atom is -0.264 e. The van der Waals surface area contributed by atoms with Gasteiger partial charge >= 0.3 is 0 Å². The van der Waals surface area contributed by atoms with Gasteiger partial charge in [-0.25, -0.2) is 4.68 Å². The number of hydrazone groups is 1. The highest BCUT2D eigenvalue weighted by Gasteiger charge is 2.42. The van der Waals surface area contributed by atoms with Gasteiger partial charge in [0.2, 0.25) is 0 Å². The number of hydrogen-bond acceptors (Lipinski definition) is 5. The smallest absolute Gasteiger partial charge is 0.125 e. The van der Waals surface area contributed by atoms with Crippen molar-refractivity contribution in [3.05, 3.63) is 121 Å². The molecule has 2 atom stereocenters. The van der Waals surface area contributed by atoms with E-state index >= 15 is 0 Å². The molecule has 6 rings (SSSR count). The molecular formula is C26H20N6. The van der Waals surface area contributed by atoms with E-state index < -0.39 is 0 Å². The van der Waals surface area contributed by atoms with Gasteiger partial charge in [0.1, 0.15) is 17.6 Å². The number of benzene rings is 3. The number of hydrogen-bond donors (Lipinski definition) is 0. The molecular weight excluding hydrogens is 396 g/mol. The van der Waals surface area contributed by atoms with Crippen molar-refractivity contribution in [1.29, 1.82) is 0 Å². The summed E-state index contributed by atoms with van der Waals surface area (Å²) in [6.45, 7) is 0. The number of aromatic nitrogens is 4. The second kappa shape index (κ2) is 7.74. The summed E-state index contributed by atoms with van der Waals surface area (Å²) >= 11 is 0. The van der Waals surface area contributed by atoms with E-state index in [-0.39, 0.29) is 12.1 Å². The standard InChI is InChI=1S/C26H20N6/c1-3-10-19(11-4-1)24-26(32-23-16-8-7-15-22(23)28-30-32)25(20-12-9-17-27-18-20)31(29-24)21-13-5-2-6-14-21/h1-18,25-26H. The molecule has 0 amide bonds. The molecule has 1 aliphatic heterocycles.